The van der Waals surface area contributed by atoms with E-state index in [2.05, 4.69) is 30.2 Å². The summed E-state index contributed by atoms with van der Waals surface area (Å²) < 4.78 is 0. The summed E-state index contributed by atoms with van der Waals surface area (Å²) in [4.78, 5) is 14.0. The third-order valence-corrected chi connectivity index (χ3v) is 4.60. The van der Waals surface area contributed by atoms with Crippen LogP contribution in [0.2, 0.25) is 0 Å². The molecule has 3 N–H and O–H groups in total. The molecular formula is C17H27N3O. The van der Waals surface area contributed by atoms with Gasteiger partial charge in [-0.05, 0) is 48.9 Å². The fraction of sp³-hybridized carbons (Fsp3) is 0.588. The van der Waals surface area contributed by atoms with Crippen LogP contribution in [0.25, 0.3) is 0 Å². The Morgan fingerprint density at radius 3 is 2.48 bits per heavy atom. The molecule has 1 saturated heterocycles. The maximum absolute atomic E-state index is 11.5. The molecule has 1 aromatic carbocycles. The number of hydrazine groups is 1. The molecule has 0 bridgehead atoms. The van der Waals surface area contributed by atoms with E-state index in [4.69, 9.17) is 5.84 Å². The highest BCUT2D eigenvalue weighted by Gasteiger charge is 2.22. The summed E-state index contributed by atoms with van der Waals surface area (Å²) in [5.41, 5.74) is 4.53. The predicted octanol–water partition coefficient (Wildman–Crippen LogP) is 2.09. The fourth-order valence-electron chi connectivity index (χ4n) is 3.13. The van der Waals surface area contributed by atoms with E-state index in [0.29, 0.717) is 6.42 Å². The normalized spacial score (nSPS) is 17.1. The number of piperidine rings is 1. The van der Waals surface area contributed by atoms with Gasteiger partial charge in [-0.2, -0.15) is 0 Å². The molecule has 1 aliphatic rings. The second-order valence-electron chi connectivity index (χ2n) is 6.37. The van der Waals surface area contributed by atoms with Crippen molar-refractivity contribution in [3.8, 4) is 0 Å². The minimum Gasteiger partial charge on any atom is -0.299 e. The molecule has 21 heavy (non-hydrogen) atoms. The summed E-state index contributed by atoms with van der Waals surface area (Å²) in [5, 5.41) is 0. The maximum Gasteiger partial charge on any atom is 0.238 e. The zero-order valence-corrected chi connectivity index (χ0v) is 13.1. The Balaban J connectivity index is 1.96. The lowest BCUT2D eigenvalue weighted by Crippen LogP contribution is -2.35. The van der Waals surface area contributed by atoms with Crippen molar-refractivity contribution in [2.75, 3.05) is 13.1 Å². The third kappa shape index (κ3) is 4.55. The van der Waals surface area contributed by atoms with Gasteiger partial charge in [0, 0.05) is 6.54 Å². The maximum atomic E-state index is 11.5. The van der Waals surface area contributed by atoms with Crippen LogP contribution < -0.4 is 11.3 Å². The molecule has 0 aliphatic carbocycles. The number of likely N-dealkylation sites (tertiary alicyclic amines) is 1. The van der Waals surface area contributed by atoms with Crippen molar-refractivity contribution < 1.29 is 4.79 Å². The van der Waals surface area contributed by atoms with E-state index in [1.807, 2.05) is 18.2 Å². The van der Waals surface area contributed by atoms with Crippen LogP contribution in [0.4, 0.5) is 0 Å². The number of nitrogens with one attached hydrogen (secondary N) is 1. The molecule has 1 fully saturated rings. The van der Waals surface area contributed by atoms with Gasteiger partial charge < -0.3 is 0 Å². The molecule has 0 atom stereocenters. The SMILES string of the molecule is CC(C)C1CCN(Cc2ccccc2CC(=O)NN)CC1. The lowest BCUT2D eigenvalue weighted by atomic mass is 9.86. The Hall–Kier alpha value is -1.39. The minimum atomic E-state index is -0.138. The Morgan fingerprint density at radius 2 is 1.90 bits per heavy atom. The Kier molecular flexibility index (Phi) is 5.76. The van der Waals surface area contributed by atoms with Crippen molar-refractivity contribution in [3.63, 3.8) is 0 Å². The average Bonchev–Trinajstić information content (AvgIpc) is 2.49. The van der Waals surface area contributed by atoms with E-state index in [9.17, 15) is 4.79 Å². The number of nitrogens with zero attached hydrogens (tertiary/aromatic N) is 1. The highest BCUT2D eigenvalue weighted by Crippen LogP contribution is 2.25. The van der Waals surface area contributed by atoms with Crippen LogP contribution in [0.15, 0.2) is 24.3 Å². The number of carbonyl (C=O) groups excluding carboxylic acids is 1. The van der Waals surface area contributed by atoms with Crippen molar-refractivity contribution in [1.29, 1.82) is 0 Å². The van der Waals surface area contributed by atoms with Crippen LogP contribution in [-0.2, 0) is 17.8 Å². The number of benzene rings is 1. The van der Waals surface area contributed by atoms with Crippen LogP contribution in [0.1, 0.15) is 37.8 Å². The predicted molar refractivity (Wildman–Crippen MR) is 85.3 cm³/mol. The van der Waals surface area contributed by atoms with Crippen LogP contribution in [0, 0.1) is 11.8 Å². The minimum absolute atomic E-state index is 0.138. The second-order valence-corrected chi connectivity index (χ2v) is 6.37. The van der Waals surface area contributed by atoms with Crippen molar-refractivity contribution >= 4 is 5.91 Å². The van der Waals surface area contributed by atoms with E-state index >= 15 is 0 Å². The van der Waals surface area contributed by atoms with Gasteiger partial charge in [0.05, 0.1) is 6.42 Å². The molecule has 1 heterocycles. The van der Waals surface area contributed by atoms with Gasteiger partial charge in [-0.15, -0.1) is 0 Å². The summed E-state index contributed by atoms with van der Waals surface area (Å²) >= 11 is 0. The standard InChI is InChI=1S/C17H27N3O/c1-13(2)14-7-9-20(10-8-14)12-16-6-4-3-5-15(16)11-17(21)19-18/h3-6,13-14H,7-12,18H2,1-2H3,(H,19,21). The Morgan fingerprint density at radius 1 is 1.29 bits per heavy atom. The zero-order valence-electron chi connectivity index (χ0n) is 13.1. The summed E-state index contributed by atoms with van der Waals surface area (Å²) in [6.45, 7) is 7.88. The average molecular weight is 289 g/mol. The largest absolute Gasteiger partial charge is 0.299 e. The number of nitrogens with two attached hydrogens (primary N) is 1. The number of carbonyl (C=O) groups is 1. The van der Waals surface area contributed by atoms with Crippen LogP contribution in [0.3, 0.4) is 0 Å². The topological polar surface area (TPSA) is 58.4 Å². The number of amides is 1. The molecule has 1 aliphatic heterocycles. The van der Waals surface area contributed by atoms with Gasteiger partial charge in [-0.3, -0.25) is 15.1 Å². The van der Waals surface area contributed by atoms with Gasteiger partial charge in [0.25, 0.3) is 0 Å². The molecule has 1 amide bonds. The molecule has 116 valence electrons. The molecule has 0 spiro atoms. The first kappa shape index (κ1) is 16.0. The quantitative estimate of drug-likeness (QED) is 0.496. The first-order valence-electron chi connectivity index (χ1n) is 7.88. The van der Waals surface area contributed by atoms with Crippen molar-refractivity contribution in [2.45, 2.75) is 39.7 Å². The number of rotatable bonds is 5. The molecule has 0 radical (unpaired) electrons. The van der Waals surface area contributed by atoms with Crippen molar-refractivity contribution in [2.24, 2.45) is 17.7 Å². The molecule has 0 unspecified atom stereocenters. The highest BCUT2D eigenvalue weighted by atomic mass is 16.2. The van der Waals surface area contributed by atoms with E-state index < -0.39 is 0 Å². The van der Waals surface area contributed by atoms with E-state index in [-0.39, 0.29) is 5.91 Å². The summed E-state index contributed by atoms with van der Waals surface area (Å²) in [6.07, 6.45) is 2.92. The Labute approximate surface area is 127 Å². The van der Waals surface area contributed by atoms with Gasteiger partial charge in [-0.25, -0.2) is 5.84 Å². The fourth-order valence-corrected chi connectivity index (χ4v) is 3.13. The lowest BCUT2D eigenvalue weighted by molar-refractivity contribution is -0.120. The molecule has 1 aromatic rings. The van der Waals surface area contributed by atoms with Gasteiger partial charge in [0.2, 0.25) is 5.91 Å². The summed E-state index contributed by atoms with van der Waals surface area (Å²) in [6, 6.07) is 8.16. The van der Waals surface area contributed by atoms with Crippen LogP contribution in [-0.4, -0.2) is 23.9 Å². The molecule has 2 rings (SSSR count). The molecule has 0 saturated carbocycles. The third-order valence-electron chi connectivity index (χ3n) is 4.60. The van der Waals surface area contributed by atoms with E-state index in [1.165, 1.54) is 18.4 Å². The van der Waals surface area contributed by atoms with E-state index in [0.717, 1.165) is 37.0 Å². The molecule has 4 heteroatoms. The lowest BCUT2D eigenvalue weighted by Gasteiger charge is -2.34. The number of hydrogen-bond acceptors (Lipinski definition) is 3. The molecule has 0 aromatic heterocycles. The second kappa shape index (κ2) is 7.57. The highest BCUT2D eigenvalue weighted by molar-refractivity contribution is 5.78. The van der Waals surface area contributed by atoms with Crippen LogP contribution in [0.5, 0.6) is 0 Å². The van der Waals surface area contributed by atoms with Crippen molar-refractivity contribution in [3.05, 3.63) is 35.4 Å². The molecule has 4 nitrogen and oxygen atoms in total. The van der Waals surface area contributed by atoms with Gasteiger partial charge >= 0.3 is 0 Å². The smallest absolute Gasteiger partial charge is 0.238 e. The molecular weight excluding hydrogens is 262 g/mol. The van der Waals surface area contributed by atoms with Gasteiger partial charge in [0.15, 0.2) is 0 Å². The first-order chi connectivity index (χ1) is 10.1. The monoisotopic (exact) mass is 289 g/mol. The van der Waals surface area contributed by atoms with Crippen LogP contribution >= 0.6 is 0 Å². The Bertz CT molecular complexity index is 465. The zero-order chi connectivity index (χ0) is 15.2. The van der Waals surface area contributed by atoms with E-state index in [1.54, 1.807) is 0 Å². The summed E-state index contributed by atoms with van der Waals surface area (Å²) in [7, 11) is 0. The van der Waals surface area contributed by atoms with Gasteiger partial charge in [0.1, 0.15) is 0 Å². The van der Waals surface area contributed by atoms with Crippen molar-refractivity contribution in [1.82, 2.24) is 10.3 Å². The number of hydrogen-bond donors (Lipinski definition) is 2. The first-order valence-corrected chi connectivity index (χ1v) is 7.88. The summed E-state index contributed by atoms with van der Waals surface area (Å²) in [5.74, 6) is 6.70. The van der Waals surface area contributed by atoms with Gasteiger partial charge in [-0.1, -0.05) is 38.1 Å².